The van der Waals surface area contributed by atoms with Crippen LogP contribution in [0.1, 0.15) is 15.9 Å². The Bertz CT molecular complexity index is 520. The summed E-state index contributed by atoms with van der Waals surface area (Å²) in [6.07, 6.45) is -2.67. The van der Waals surface area contributed by atoms with Gasteiger partial charge in [0.05, 0.1) is 12.1 Å². The van der Waals surface area contributed by atoms with Crippen molar-refractivity contribution in [1.82, 2.24) is 4.90 Å². The number of hydrogen-bond acceptors (Lipinski definition) is 2. The minimum atomic E-state index is -2.67. The molecule has 0 heterocycles. The number of rotatable bonds is 3. The molecule has 1 N–H and O–H groups in total. The molecule has 1 aromatic carbocycles. The molecule has 0 fully saturated rings. The van der Waals surface area contributed by atoms with Crippen LogP contribution in [0.2, 0.25) is 0 Å². The van der Waals surface area contributed by atoms with Crippen molar-refractivity contribution in [2.45, 2.75) is 6.43 Å². The highest BCUT2D eigenvalue weighted by Crippen LogP contribution is 2.13. The van der Waals surface area contributed by atoms with Gasteiger partial charge in [0.15, 0.2) is 0 Å². The smallest absolute Gasteiger partial charge is 0.255 e. The average Bonchev–Trinajstić information content (AvgIpc) is 2.35. The maximum Gasteiger partial charge on any atom is 0.255 e. The molecule has 19 heavy (non-hydrogen) atoms. The zero-order valence-electron chi connectivity index (χ0n) is 10.2. The number of hydrogen-bond donors (Lipinski definition) is 1. The Morgan fingerprint density at radius 2 is 2.16 bits per heavy atom. The van der Waals surface area contributed by atoms with Gasteiger partial charge in [-0.3, -0.25) is 4.79 Å². The van der Waals surface area contributed by atoms with Crippen LogP contribution in [0, 0.1) is 17.7 Å². The lowest BCUT2D eigenvalue weighted by Gasteiger charge is -2.17. The van der Waals surface area contributed by atoms with Crippen LogP contribution < -0.4 is 0 Å². The van der Waals surface area contributed by atoms with Gasteiger partial charge in [0.1, 0.15) is 12.4 Å². The van der Waals surface area contributed by atoms with Crippen LogP contribution >= 0.6 is 0 Å². The molecule has 3 nitrogen and oxygen atoms in total. The monoisotopic (exact) mass is 271 g/mol. The second-order valence-corrected chi connectivity index (χ2v) is 3.73. The van der Waals surface area contributed by atoms with E-state index in [-0.39, 0.29) is 11.1 Å². The molecule has 0 radical (unpaired) electrons. The molecular formula is C13H12F3NO2. The number of nitrogens with zero attached hydrogens (tertiary/aromatic N) is 1. The van der Waals surface area contributed by atoms with Crippen LogP contribution in [-0.4, -0.2) is 42.5 Å². The van der Waals surface area contributed by atoms with Gasteiger partial charge < -0.3 is 10.0 Å². The quantitative estimate of drug-likeness (QED) is 0.846. The lowest BCUT2D eigenvalue weighted by Crippen LogP contribution is -2.31. The first-order valence-electron chi connectivity index (χ1n) is 5.38. The van der Waals surface area contributed by atoms with Crippen LogP contribution in [0.5, 0.6) is 0 Å². The van der Waals surface area contributed by atoms with Crippen molar-refractivity contribution in [1.29, 1.82) is 0 Å². The molecule has 0 bridgehead atoms. The zero-order chi connectivity index (χ0) is 14.4. The standard InChI is InChI=1S/C13H12F3NO2/c1-17(8-12(15)16)13(19)11-7-10(14)5-4-9(11)3-2-6-18/h4-5,7,12,18H,6,8H2,1H3. The van der Waals surface area contributed by atoms with E-state index >= 15 is 0 Å². The Hall–Kier alpha value is -2.00. The van der Waals surface area contributed by atoms with E-state index in [1.54, 1.807) is 0 Å². The summed E-state index contributed by atoms with van der Waals surface area (Å²) in [7, 11) is 1.20. The first-order chi connectivity index (χ1) is 8.95. The van der Waals surface area contributed by atoms with Crippen molar-refractivity contribution in [3.05, 3.63) is 35.1 Å². The van der Waals surface area contributed by atoms with Gasteiger partial charge >= 0.3 is 0 Å². The summed E-state index contributed by atoms with van der Waals surface area (Å²) in [6, 6.07) is 3.30. The molecule has 0 unspecified atom stereocenters. The summed E-state index contributed by atoms with van der Waals surface area (Å²) in [5.74, 6) is 3.39. The second kappa shape index (κ2) is 6.81. The number of halogens is 3. The maximum absolute atomic E-state index is 13.1. The molecule has 0 aromatic heterocycles. The van der Waals surface area contributed by atoms with Gasteiger partial charge in [0.25, 0.3) is 12.3 Å². The van der Waals surface area contributed by atoms with E-state index in [0.29, 0.717) is 0 Å². The SMILES string of the molecule is CN(CC(F)F)C(=O)c1cc(F)ccc1C#CCO. The van der Waals surface area contributed by atoms with Crippen LogP contribution in [-0.2, 0) is 0 Å². The lowest BCUT2D eigenvalue weighted by molar-refractivity contribution is 0.0619. The zero-order valence-corrected chi connectivity index (χ0v) is 10.2. The molecule has 0 spiro atoms. The Balaban J connectivity index is 3.09. The number of alkyl halides is 2. The molecule has 0 aliphatic heterocycles. The average molecular weight is 271 g/mol. The molecule has 6 heteroatoms. The summed E-state index contributed by atoms with van der Waals surface area (Å²) in [6.45, 7) is -1.17. The van der Waals surface area contributed by atoms with Crippen LogP contribution in [0.3, 0.4) is 0 Å². The fraction of sp³-hybridized carbons (Fsp3) is 0.308. The summed E-state index contributed by atoms with van der Waals surface area (Å²) < 4.78 is 37.6. The molecular weight excluding hydrogens is 259 g/mol. The Labute approximate surface area is 108 Å². The summed E-state index contributed by atoms with van der Waals surface area (Å²) in [5, 5.41) is 8.60. The van der Waals surface area contributed by atoms with Gasteiger partial charge in [0, 0.05) is 12.6 Å². The van der Waals surface area contributed by atoms with Crippen molar-refractivity contribution in [3.63, 3.8) is 0 Å². The van der Waals surface area contributed by atoms with E-state index in [9.17, 15) is 18.0 Å². The van der Waals surface area contributed by atoms with Gasteiger partial charge in [0.2, 0.25) is 0 Å². The van der Waals surface area contributed by atoms with Gasteiger partial charge in [-0.05, 0) is 18.2 Å². The summed E-state index contributed by atoms with van der Waals surface area (Å²) in [4.78, 5) is 12.7. The molecule has 0 aliphatic carbocycles. The van der Waals surface area contributed by atoms with Crippen molar-refractivity contribution in [2.75, 3.05) is 20.2 Å². The Morgan fingerprint density at radius 3 is 2.74 bits per heavy atom. The molecule has 1 rings (SSSR count). The number of aliphatic hydroxyl groups is 1. The second-order valence-electron chi connectivity index (χ2n) is 3.73. The van der Waals surface area contributed by atoms with Crippen LogP contribution in [0.4, 0.5) is 13.2 Å². The van der Waals surface area contributed by atoms with E-state index in [2.05, 4.69) is 11.8 Å². The lowest BCUT2D eigenvalue weighted by atomic mass is 10.1. The normalized spacial score (nSPS) is 10.0. The Kier molecular flexibility index (Phi) is 5.39. The van der Waals surface area contributed by atoms with E-state index in [4.69, 9.17) is 5.11 Å². The largest absolute Gasteiger partial charge is 0.384 e. The van der Waals surface area contributed by atoms with Gasteiger partial charge in [-0.15, -0.1) is 0 Å². The van der Waals surface area contributed by atoms with Crippen molar-refractivity contribution in [3.8, 4) is 11.8 Å². The summed E-state index contributed by atoms with van der Waals surface area (Å²) >= 11 is 0. The number of carbonyl (C=O) groups excluding carboxylic acids is 1. The van der Waals surface area contributed by atoms with Crippen molar-refractivity contribution >= 4 is 5.91 Å². The highest BCUT2D eigenvalue weighted by molar-refractivity contribution is 5.96. The molecule has 0 saturated heterocycles. The van der Waals surface area contributed by atoms with Crippen molar-refractivity contribution in [2.24, 2.45) is 0 Å². The third kappa shape index (κ3) is 4.30. The van der Waals surface area contributed by atoms with Crippen molar-refractivity contribution < 1.29 is 23.1 Å². The minimum Gasteiger partial charge on any atom is -0.384 e. The molecule has 0 saturated carbocycles. The van der Waals surface area contributed by atoms with Gasteiger partial charge in [-0.25, -0.2) is 13.2 Å². The first kappa shape index (κ1) is 15.1. The predicted octanol–water partition coefficient (Wildman–Crippen LogP) is 1.51. The highest BCUT2D eigenvalue weighted by Gasteiger charge is 2.18. The van der Waals surface area contributed by atoms with Gasteiger partial charge in [-0.1, -0.05) is 11.8 Å². The number of aliphatic hydroxyl groups excluding tert-OH is 1. The van der Waals surface area contributed by atoms with E-state index < -0.39 is 31.3 Å². The highest BCUT2D eigenvalue weighted by atomic mass is 19.3. The number of amides is 1. The molecule has 1 amide bonds. The number of carbonyl (C=O) groups is 1. The van der Waals surface area contributed by atoms with Gasteiger partial charge in [-0.2, -0.15) is 0 Å². The topological polar surface area (TPSA) is 40.5 Å². The summed E-state index contributed by atoms with van der Waals surface area (Å²) in [5.41, 5.74) is 0.0747. The fourth-order valence-corrected chi connectivity index (χ4v) is 1.43. The van der Waals surface area contributed by atoms with E-state index in [0.717, 1.165) is 17.0 Å². The van der Waals surface area contributed by atoms with E-state index in [1.165, 1.54) is 13.1 Å². The molecule has 0 aliphatic rings. The molecule has 1 aromatic rings. The maximum atomic E-state index is 13.1. The molecule has 102 valence electrons. The van der Waals surface area contributed by atoms with Crippen LogP contribution in [0.15, 0.2) is 18.2 Å². The molecule has 0 atom stereocenters. The first-order valence-corrected chi connectivity index (χ1v) is 5.38. The van der Waals surface area contributed by atoms with Crippen LogP contribution in [0.25, 0.3) is 0 Å². The third-order valence-corrected chi connectivity index (χ3v) is 2.27. The minimum absolute atomic E-state index is 0.107. The van der Waals surface area contributed by atoms with E-state index in [1.807, 2.05) is 0 Å². The predicted molar refractivity (Wildman–Crippen MR) is 63.3 cm³/mol. The Morgan fingerprint density at radius 1 is 1.47 bits per heavy atom. The number of benzene rings is 1. The fourth-order valence-electron chi connectivity index (χ4n) is 1.43. The third-order valence-electron chi connectivity index (χ3n) is 2.27.